The summed E-state index contributed by atoms with van der Waals surface area (Å²) in [6.45, 7) is 0.183. The van der Waals surface area contributed by atoms with Gasteiger partial charge in [-0.15, -0.1) is 0 Å². The Morgan fingerprint density at radius 3 is 2.85 bits per heavy atom. The predicted octanol–water partition coefficient (Wildman–Crippen LogP) is 3.83. The number of carbonyl (C=O) groups is 1. The molecule has 1 aromatic heterocycles. The molecule has 0 N–H and O–H groups in total. The van der Waals surface area contributed by atoms with Crippen molar-refractivity contribution in [3.05, 3.63) is 72.3 Å². The Balaban J connectivity index is 1.33. The van der Waals surface area contributed by atoms with Crippen molar-refractivity contribution in [2.24, 2.45) is 0 Å². The molecule has 0 bridgehead atoms. The minimum Gasteiger partial charge on any atom is -0.454 e. The number of oxazole rings is 1. The van der Waals surface area contributed by atoms with Crippen LogP contribution in [0.1, 0.15) is 11.5 Å². The molecule has 2 aromatic carbocycles. The minimum atomic E-state index is -0.484. The van der Waals surface area contributed by atoms with Crippen LogP contribution >= 0.6 is 0 Å². The Kier molecular flexibility index (Phi) is 4.38. The standard InChI is InChI=1S/C20H15NO5/c22-20(9-7-14-6-8-16-17(10-14)25-13-24-16)23-12-19-21-11-18(26-19)15-4-2-1-3-5-15/h1-11H,12-13H2/b9-7+. The van der Waals surface area contributed by atoms with Gasteiger partial charge in [-0.25, -0.2) is 9.78 Å². The molecule has 26 heavy (non-hydrogen) atoms. The van der Waals surface area contributed by atoms with Crippen LogP contribution in [0.4, 0.5) is 0 Å². The molecule has 0 saturated heterocycles. The number of carbonyl (C=O) groups excluding carboxylic acids is 1. The van der Waals surface area contributed by atoms with E-state index in [1.807, 2.05) is 36.4 Å². The van der Waals surface area contributed by atoms with E-state index in [0.717, 1.165) is 11.1 Å². The second kappa shape index (κ2) is 7.14. The zero-order valence-electron chi connectivity index (χ0n) is 13.8. The molecule has 1 aliphatic rings. The Morgan fingerprint density at radius 2 is 1.96 bits per heavy atom. The molecular weight excluding hydrogens is 334 g/mol. The quantitative estimate of drug-likeness (QED) is 0.515. The van der Waals surface area contributed by atoms with Gasteiger partial charge in [0.1, 0.15) is 0 Å². The lowest BCUT2D eigenvalue weighted by Crippen LogP contribution is -2.00. The lowest BCUT2D eigenvalue weighted by atomic mass is 10.2. The van der Waals surface area contributed by atoms with Crippen molar-refractivity contribution in [3.63, 3.8) is 0 Å². The molecule has 0 spiro atoms. The first-order valence-corrected chi connectivity index (χ1v) is 8.02. The number of nitrogens with zero attached hydrogens (tertiary/aromatic N) is 1. The van der Waals surface area contributed by atoms with Crippen molar-refractivity contribution < 1.29 is 23.4 Å². The van der Waals surface area contributed by atoms with Crippen LogP contribution in [0, 0.1) is 0 Å². The first-order chi connectivity index (χ1) is 12.8. The van der Waals surface area contributed by atoms with Gasteiger partial charge in [-0.3, -0.25) is 0 Å². The molecule has 6 heteroatoms. The van der Waals surface area contributed by atoms with E-state index >= 15 is 0 Å². The van der Waals surface area contributed by atoms with Crippen LogP contribution in [0.2, 0.25) is 0 Å². The van der Waals surface area contributed by atoms with Crippen LogP contribution in [0.5, 0.6) is 11.5 Å². The molecule has 1 aliphatic heterocycles. The van der Waals surface area contributed by atoms with Gasteiger partial charge in [0.15, 0.2) is 23.9 Å². The minimum absolute atomic E-state index is 0.0306. The summed E-state index contributed by atoms with van der Waals surface area (Å²) in [6.07, 6.45) is 4.61. The van der Waals surface area contributed by atoms with E-state index < -0.39 is 5.97 Å². The fraction of sp³-hybridized carbons (Fsp3) is 0.100. The molecule has 130 valence electrons. The van der Waals surface area contributed by atoms with Crippen molar-refractivity contribution in [1.29, 1.82) is 0 Å². The number of hydrogen-bond donors (Lipinski definition) is 0. The smallest absolute Gasteiger partial charge is 0.331 e. The predicted molar refractivity (Wildman–Crippen MR) is 93.3 cm³/mol. The van der Waals surface area contributed by atoms with Gasteiger partial charge in [-0.1, -0.05) is 36.4 Å². The summed E-state index contributed by atoms with van der Waals surface area (Å²) in [5.41, 5.74) is 1.73. The number of rotatable bonds is 5. The molecule has 0 atom stereocenters. The highest BCUT2D eigenvalue weighted by atomic mass is 16.7. The molecule has 6 nitrogen and oxygen atoms in total. The van der Waals surface area contributed by atoms with E-state index in [9.17, 15) is 4.79 Å². The topological polar surface area (TPSA) is 70.8 Å². The molecular formula is C20H15NO5. The van der Waals surface area contributed by atoms with Crippen molar-refractivity contribution >= 4 is 12.0 Å². The third-order valence-corrected chi connectivity index (χ3v) is 3.76. The highest BCUT2D eigenvalue weighted by Gasteiger charge is 2.12. The van der Waals surface area contributed by atoms with Crippen molar-refractivity contribution in [2.45, 2.75) is 6.61 Å². The first kappa shape index (κ1) is 16.0. The number of ether oxygens (including phenoxy) is 3. The summed E-state index contributed by atoms with van der Waals surface area (Å²) >= 11 is 0. The van der Waals surface area contributed by atoms with E-state index in [0.29, 0.717) is 23.1 Å². The summed E-state index contributed by atoms with van der Waals surface area (Å²) < 4.78 is 21.3. The second-order valence-corrected chi connectivity index (χ2v) is 5.54. The molecule has 0 amide bonds. The Morgan fingerprint density at radius 1 is 1.12 bits per heavy atom. The Bertz CT molecular complexity index is 946. The van der Waals surface area contributed by atoms with Gasteiger partial charge in [0, 0.05) is 11.6 Å². The SMILES string of the molecule is O=C(/C=C/c1ccc2c(c1)OCO2)OCc1ncc(-c2ccccc2)o1. The third kappa shape index (κ3) is 3.59. The lowest BCUT2D eigenvalue weighted by Gasteiger charge is -1.99. The maximum absolute atomic E-state index is 11.9. The average Bonchev–Trinajstić information content (AvgIpc) is 3.34. The fourth-order valence-corrected chi connectivity index (χ4v) is 2.47. The Hall–Kier alpha value is -3.54. The third-order valence-electron chi connectivity index (χ3n) is 3.76. The molecule has 0 radical (unpaired) electrons. The van der Waals surface area contributed by atoms with Crippen molar-refractivity contribution in [1.82, 2.24) is 4.98 Å². The lowest BCUT2D eigenvalue weighted by molar-refractivity contribution is -0.139. The van der Waals surface area contributed by atoms with Crippen LogP contribution in [-0.2, 0) is 16.1 Å². The molecule has 2 heterocycles. The molecule has 4 rings (SSSR count). The fourth-order valence-electron chi connectivity index (χ4n) is 2.47. The summed E-state index contributed by atoms with van der Waals surface area (Å²) in [7, 11) is 0. The normalized spacial score (nSPS) is 12.5. The van der Waals surface area contributed by atoms with E-state index in [4.69, 9.17) is 18.6 Å². The maximum Gasteiger partial charge on any atom is 0.331 e. The van der Waals surface area contributed by atoms with Gasteiger partial charge >= 0.3 is 5.97 Å². The average molecular weight is 349 g/mol. The van der Waals surface area contributed by atoms with E-state index in [1.165, 1.54) is 6.08 Å². The van der Waals surface area contributed by atoms with Gasteiger partial charge in [-0.05, 0) is 23.8 Å². The van der Waals surface area contributed by atoms with Crippen LogP contribution in [0.15, 0.2) is 65.2 Å². The molecule has 0 unspecified atom stereocenters. The zero-order chi connectivity index (χ0) is 17.8. The van der Waals surface area contributed by atoms with Gasteiger partial charge in [0.2, 0.25) is 12.7 Å². The second-order valence-electron chi connectivity index (χ2n) is 5.54. The number of benzene rings is 2. The zero-order valence-corrected chi connectivity index (χ0v) is 13.8. The van der Waals surface area contributed by atoms with E-state index in [-0.39, 0.29) is 13.4 Å². The number of aromatic nitrogens is 1. The Labute approximate surface area is 149 Å². The number of esters is 1. The van der Waals surface area contributed by atoms with Gasteiger partial charge in [0.05, 0.1) is 6.20 Å². The molecule has 3 aromatic rings. The largest absolute Gasteiger partial charge is 0.454 e. The van der Waals surface area contributed by atoms with Crippen LogP contribution in [0.3, 0.4) is 0 Å². The van der Waals surface area contributed by atoms with Crippen LogP contribution < -0.4 is 9.47 Å². The van der Waals surface area contributed by atoms with E-state index in [1.54, 1.807) is 24.4 Å². The maximum atomic E-state index is 11.9. The van der Waals surface area contributed by atoms with Crippen LogP contribution in [0.25, 0.3) is 17.4 Å². The molecule has 0 fully saturated rings. The van der Waals surface area contributed by atoms with Crippen LogP contribution in [-0.4, -0.2) is 17.7 Å². The summed E-state index contributed by atoms with van der Waals surface area (Å²) in [5.74, 6) is 1.85. The monoisotopic (exact) mass is 349 g/mol. The molecule has 0 saturated carbocycles. The number of hydrogen-bond acceptors (Lipinski definition) is 6. The van der Waals surface area contributed by atoms with Crippen molar-refractivity contribution in [2.75, 3.05) is 6.79 Å². The van der Waals surface area contributed by atoms with Gasteiger partial charge in [0.25, 0.3) is 0 Å². The van der Waals surface area contributed by atoms with Gasteiger partial charge < -0.3 is 18.6 Å². The summed E-state index contributed by atoms with van der Waals surface area (Å²) in [5, 5.41) is 0. The first-order valence-electron chi connectivity index (χ1n) is 8.02. The highest BCUT2D eigenvalue weighted by molar-refractivity contribution is 5.87. The molecule has 0 aliphatic carbocycles. The van der Waals surface area contributed by atoms with Crippen molar-refractivity contribution in [3.8, 4) is 22.8 Å². The van der Waals surface area contributed by atoms with Gasteiger partial charge in [-0.2, -0.15) is 0 Å². The summed E-state index contributed by atoms with van der Waals surface area (Å²) in [4.78, 5) is 16.0. The number of fused-ring (bicyclic) bond motifs is 1. The highest BCUT2D eigenvalue weighted by Crippen LogP contribution is 2.32. The summed E-state index contributed by atoms with van der Waals surface area (Å²) in [6, 6.07) is 15.0. The van der Waals surface area contributed by atoms with E-state index in [2.05, 4.69) is 4.98 Å².